The SMILES string of the molecule is Cc1nn(C(C)C)c(N2CCOC(C(C)N)C2)c1[N+](=O)[O-]. The summed E-state index contributed by atoms with van der Waals surface area (Å²) in [4.78, 5) is 13.0. The molecule has 1 aromatic rings. The first kappa shape index (κ1) is 15.7. The normalized spacial score (nSPS) is 20.9. The van der Waals surface area contributed by atoms with Crippen molar-refractivity contribution >= 4 is 11.5 Å². The second-order valence-electron chi connectivity index (χ2n) is 5.77. The zero-order valence-electron chi connectivity index (χ0n) is 12.9. The lowest BCUT2D eigenvalue weighted by atomic mass is 10.1. The smallest absolute Gasteiger partial charge is 0.333 e. The van der Waals surface area contributed by atoms with Crippen molar-refractivity contribution in [1.82, 2.24) is 9.78 Å². The number of nitro groups is 1. The van der Waals surface area contributed by atoms with Crippen molar-refractivity contribution in [3.8, 4) is 0 Å². The van der Waals surface area contributed by atoms with Crippen LogP contribution in [0.15, 0.2) is 0 Å². The van der Waals surface area contributed by atoms with E-state index < -0.39 is 0 Å². The second-order valence-corrected chi connectivity index (χ2v) is 5.77. The van der Waals surface area contributed by atoms with Crippen LogP contribution in [0.3, 0.4) is 0 Å². The van der Waals surface area contributed by atoms with Crippen molar-refractivity contribution in [3.05, 3.63) is 15.8 Å². The molecule has 0 aliphatic carbocycles. The molecular weight excluding hydrogens is 274 g/mol. The van der Waals surface area contributed by atoms with Gasteiger partial charge in [-0.05, 0) is 27.7 Å². The van der Waals surface area contributed by atoms with Crippen LogP contribution in [0.1, 0.15) is 32.5 Å². The number of anilines is 1. The van der Waals surface area contributed by atoms with Crippen LogP contribution in [0.4, 0.5) is 11.5 Å². The molecule has 1 aliphatic heterocycles. The fraction of sp³-hybridized carbons (Fsp3) is 0.769. The Labute approximate surface area is 124 Å². The van der Waals surface area contributed by atoms with E-state index in [0.717, 1.165) is 0 Å². The van der Waals surface area contributed by atoms with Crippen molar-refractivity contribution in [1.29, 1.82) is 0 Å². The first-order valence-corrected chi connectivity index (χ1v) is 7.18. The van der Waals surface area contributed by atoms with Crippen LogP contribution >= 0.6 is 0 Å². The highest BCUT2D eigenvalue weighted by molar-refractivity contribution is 5.62. The Morgan fingerprint density at radius 1 is 1.48 bits per heavy atom. The van der Waals surface area contributed by atoms with E-state index in [1.54, 1.807) is 11.6 Å². The highest BCUT2D eigenvalue weighted by Gasteiger charge is 2.34. The summed E-state index contributed by atoms with van der Waals surface area (Å²) in [6, 6.07) is -0.0765. The number of hydrogen-bond acceptors (Lipinski definition) is 6. The lowest BCUT2D eigenvalue weighted by molar-refractivity contribution is -0.384. The minimum atomic E-state index is -0.354. The van der Waals surface area contributed by atoms with E-state index in [0.29, 0.717) is 31.2 Å². The Hall–Kier alpha value is -1.67. The van der Waals surface area contributed by atoms with Gasteiger partial charge in [0.15, 0.2) is 0 Å². The van der Waals surface area contributed by atoms with E-state index in [-0.39, 0.29) is 28.8 Å². The van der Waals surface area contributed by atoms with Crippen LogP contribution < -0.4 is 10.6 Å². The molecule has 118 valence electrons. The second kappa shape index (κ2) is 5.98. The van der Waals surface area contributed by atoms with E-state index in [4.69, 9.17) is 10.5 Å². The van der Waals surface area contributed by atoms with Crippen molar-refractivity contribution in [2.24, 2.45) is 5.73 Å². The van der Waals surface area contributed by atoms with Crippen LogP contribution in [0.5, 0.6) is 0 Å². The molecule has 1 aliphatic rings. The van der Waals surface area contributed by atoms with Gasteiger partial charge >= 0.3 is 5.69 Å². The van der Waals surface area contributed by atoms with Gasteiger partial charge in [-0.2, -0.15) is 5.10 Å². The van der Waals surface area contributed by atoms with Gasteiger partial charge in [-0.25, -0.2) is 4.68 Å². The highest BCUT2D eigenvalue weighted by Crippen LogP contribution is 2.34. The Morgan fingerprint density at radius 3 is 2.67 bits per heavy atom. The molecule has 0 spiro atoms. The van der Waals surface area contributed by atoms with Crippen molar-refractivity contribution in [3.63, 3.8) is 0 Å². The lowest BCUT2D eigenvalue weighted by Gasteiger charge is -2.35. The van der Waals surface area contributed by atoms with Gasteiger partial charge in [-0.15, -0.1) is 0 Å². The Bertz CT molecular complexity index is 526. The molecule has 2 unspecified atom stereocenters. The Balaban J connectivity index is 2.43. The third-order valence-corrected chi connectivity index (χ3v) is 3.68. The van der Waals surface area contributed by atoms with Crippen LogP contribution in [-0.4, -0.2) is 46.5 Å². The van der Waals surface area contributed by atoms with Gasteiger partial charge in [0.2, 0.25) is 5.82 Å². The molecule has 0 radical (unpaired) electrons. The number of rotatable bonds is 4. The van der Waals surface area contributed by atoms with Crippen molar-refractivity contribution in [2.45, 2.75) is 45.9 Å². The van der Waals surface area contributed by atoms with E-state index in [2.05, 4.69) is 5.10 Å². The zero-order chi connectivity index (χ0) is 15.7. The number of hydrogen-bond donors (Lipinski definition) is 1. The summed E-state index contributed by atoms with van der Waals surface area (Å²) < 4.78 is 7.35. The van der Waals surface area contributed by atoms with E-state index >= 15 is 0 Å². The summed E-state index contributed by atoms with van der Waals surface area (Å²) in [5, 5.41) is 15.7. The first-order valence-electron chi connectivity index (χ1n) is 7.18. The number of aryl methyl sites for hydroxylation is 1. The van der Waals surface area contributed by atoms with Crippen LogP contribution in [-0.2, 0) is 4.74 Å². The quantitative estimate of drug-likeness (QED) is 0.663. The summed E-state index contributed by atoms with van der Waals surface area (Å²) in [6.45, 7) is 9.12. The summed E-state index contributed by atoms with van der Waals surface area (Å²) >= 11 is 0. The number of ether oxygens (including phenoxy) is 1. The zero-order valence-corrected chi connectivity index (χ0v) is 12.9. The monoisotopic (exact) mass is 297 g/mol. The maximum atomic E-state index is 11.4. The third-order valence-electron chi connectivity index (χ3n) is 3.68. The molecule has 2 atom stereocenters. The van der Waals surface area contributed by atoms with Gasteiger partial charge in [0.05, 0.1) is 17.6 Å². The fourth-order valence-electron chi connectivity index (χ4n) is 2.58. The largest absolute Gasteiger partial charge is 0.373 e. The van der Waals surface area contributed by atoms with Gasteiger partial charge in [0.1, 0.15) is 5.69 Å². The molecule has 0 saturated carbocycles. The predicted octanol–water partition coefficient (Wildman–Crippen LogP) is 1.23. The van der Waals surface area contributed by atoms with Crippen LogP contribution in [0, 0.1) is 17.0 Å². The topological polar surface area (TPSA) is 99.5 Å². The molecule has 21 heavy (non-hydrogen) atoms. The maximum absolute atomic E-state index is 11.4. The molecule has 0 aromatic carbocycles. The highest BCUT2D eigenvalue weighted by atomic mass is 16.6. The molecule has 8 heteroatoms. The number of morpholine rings is 1. The minimum absolute atomic E-state index is 0.0454. The molecule has 1 fully saturated rings. The fourth-order valence-corrected chi connectivity index (χ4v) is 2.58. The van der Waals surface area contributed by atoms with Crippen LogP contribution in [0.25, 0.3) is 0 Å². The lowest BCUT2D eigenvalue weighted by Crippen LogP contribution is -2.50. The van der Waals surface area contributed by atoms with Crippen LogP contribution in [0.2, 0.25) is 0 Å². The average molecular weight is 297 g/mol. The number of nitrogens with two attached hydrogens (primary N) is 1. The van der Waals surface area contributed by atoms with Gasteiger partial charge < -0.3 is 15.4 Å². The van der Waals surface area contributed by atoms with Crippen molar-refractivity contribution < 1.29 is 9.66 Å². The Kier molecular flexibility index (Phi) is 4.48. The van der Waals surface area contributed by atoms with E-state index in [1.165, 1.54) is 0 Å². The molecule has 8 nitrogen and oxygen atoms in total. The molecule has 2 heterocycles. The summed E-state index contributed by atoms with van der Waals surface area (Å²) in [5.74, 6) is 0.557. The summed E-state index contributed by atoms with van der Waals surface area (Å²) in [7, 11) is 0. The van der Waals surface area contributed by atoms with Gasteiger partial charge in [0, 0.05) is 25.2 Å². The Morgan fingerprint density at radius 2 is 2.14 bits per heavy atom. The molecule has 2 rings (SSSR count). The predicted molar refractivity (Wildman–Crippen MR) is 79.6 cm³/mol. The molecular formula is C13H23N5O3. The molecule has 0 amide bonds. The maximum Gasteiger partial charge on any atom is 0.333 e. The number of aromatic nitrogens is 2. The average Bonchev–Trinajstić information content (AvgIpc) is 2.76. The minimum Gasteiger partial charge on any atom is -0.373 e. The van der Waals surface area contributed by atoms with Gasteiger partial charge in [-0.3, -0.25) is 10.1 Å². The molecule has 0 bridgehead atoms. The summed E-state index contributed by atoms with van der Waals surface area (Å²) in [6.07, 6.45) is -0.130. The standard InChI is InChI=1S/C13H23N5O3/c1-8(2)17-13(12(18(19)20)10(4)15-17)16-5-6-21-11(7-16)9(3)14/h8-9,11H,5-7,14H2,1-4H3. The first-order chi connectivity index (χ1) is 9.82. The van der Waals surface area contributed by atoms with E-state index in [9.17, 15) is 10.1 Å². The molecule has 2 N–H and O–H groups in total. The molecule has 1 aromatic heterocycles. The van der Waals surface area contributed by atoms with E-state index in [1.807, 2.05) is 25.7 Å². The number of nitrogens with zero attached hydrogens (tertiary/aromatic N) is 4. The third kappa shape index (κ3) is 3.01. The van der Waals surface area contributed by atoms with Gasteiger partial charge in [0.25, 0.3) is 0 Å². The summed E-state index contributed by atoms with van der Waals surface area (Å²) in [5.41, 5.74) is 6.42. The molecule has 1 saturated heterocycles. The van der Waals surface area contributed by atoms with Gasteiger partial charge in [-0.1, -0.05) is 0 Å². The van der Waals surface area contributed by atoms with Crippen molar-refractivity contribution in [2.75, 3.05) is 24.6 Å².